The molecular weight excluding hydrogens is 524 g/mol. The summed E-state index contributed by atoms with van der Waals surface area (Å²) in [6.45, 7) is 4.58. The number of phenols is 1. The number of ketones is 4. The Kier molecular flexibility index (Phi) is 7.24. The Hall–Kier alpha value is -4.04. The maximum atomic E-state index is 13.8. The Morgan fingerprint density at radius 2 is 1.63 bits per heavy atom. The maximum absolute atomic E-state index is 13.8. The first kappa shape index (κ1) is 28.5. The number of carbonyl (C=O) groups excluding carboxylic acids is 4. The van der Waals surface area contributed by atoms with Crippen LogP contribution in [-0.4, -0.2) is 49.2 Å². The van der Waals surface area contributed by atoms with Crippen LogP contribution >= 0.6 is 0 Å². The number of benzene rings is 2. The van der Waals surface area contributed by atoms with Gasteiger partial charge in [-0.15, -0.1) is 0 Å². The van der Waals surface area contributed by atoms with Crippen LogP contribution in [0, 0.1) is 11.8 Å². The van der Waals surface area contributed by atoms with Gasteiger partial charge in [0, 0.05) is 23.5 Å². The van der Waals surface area contributed by atoms with E-state index in [4.69, 9.17) is 0 Å². The third-order valence-electron chi connectivity index (χ3n) is 8.99. The molecule has 0 spiro atoms. The molecule has 8 nitrogen and oxygen atoms in total. The van der Waals surface area contributed by atoms with Crippen molar-refractivity contribution in [1.82, 2.24) is 0 Å². The smallest absolute Gasteiger partial charge is 0.202 e. The van der Waals surface area contributed by atoms with Crippen LogP contribution in [0.25, 0.3) is 5.76 Å². The standard InChI is InChI=1S/C33H34O8/c1-4-19-12-21(7-5-6-18-8-10-20(11-9-18)16(2)34)29(37)28-24(19)14-22-13-23-15-25(36)26(17(3)35)31(39)33(23,41)32(40)27(22)30(28)38/h8-12,22-23,37-39,41H,4-7,13-15H2,1-3H3/t22?,23?,33-/m1/s1. The molecule has 2 aromatic rings. The number of allylic oxidation sites excluding steroid dienone is 1. The number of aliphatic hydroxyl groups excluding tert-OH is 2. The van der Waals surface area contributed by atoms with Crippen molar-refractivity contribution in [2.45, 2.75) is 71.3 Å². The lowest BCUT2D eigenvalue weighted by Crippen LogP contribution is -2.57. The van der Waals surface area contributed by atoms with Gasteiger partial charge in [-0.25, -0.2) is 0 Å². The van der Waals surface area contributed by atoms with Gasteiger partial charge in [-0.1, -0.05) is 37.3 Å². The molecule has 41 heavy (non-hydrogen) atoms. The number of aliphatic hydroxyl groups is 3. The van der Waals surface area contributed by atoms with E-state index >= 15 is 0 Å². The fourth-order valence-corrected chi connectivity index (χ4v) is 6.83. The molecule has 3 aliphatic carbocycles. The van der Waals surface area contributed by atoms with Crippen molar-refractivity contribution in [1.29, 1.82) is 0 Å². The summed E-state index contributed by atoms with van der Waals surface area (Å²) in [5, 5.41) is 45.1. The van der Waals surface area contributed by atoms with E-state index in [1.54, 1.807) is 12.1 Å². The molecule has 4 N–H and O–H groups in total. The number of aromatic hydroxyl groups is 1. The summed E-state index contributed by atoms with van der Waals surface area (Å²) < 4.78 is 0. The van der Waals surface area contributed by atoms with Crippen molar-refractivity contribution in [2.75, 3.05) is 0 Å². The molecule has 2 aromatic carbocycles. The predicted octanol–water partition coefficient (Wildman–Crippen LogP) is 4.47. The molecule has 0 heterocycles. The Balaban J connectivity index is 1.50. The number of carbonyl (C=O) groups is 4. The number of Topliss-reactive ketones (excluding diaryl/α,β-unsaturated/α-hetero) is 4. The minimum atomic E-state index is -2.50. The van der Waals surface area contributed by atoms with Crippen molar-refractivity contribution in [2.24, 2.45) is 11.8 Å². The third-order valence-corrected chi connectivity index (χ3v) is 8.99. The van der Waals surface area contributed by atoms with Crippen molar-refractivity contribution in [3.63, 3.8) is 0 Å². The van der Waals surface area contributed by atoms with E-state index in [0.717, 1.165) is 23.6 Å². The van der Waals surface area contributed by atoms with E-state index in [9.17, 15) is 39.6 Å². The molecule has 0 radical (unpaired) electrons. The molecule has 5 rings (SSSR count). The Morgan fingerprint density at radius 3 is 2.24 bits per heavy atom. The second kappa shape index (κ2) is 10.4. The highest BCUT2D eigenvalue weighted by atomic mass is 16.3. The van der Waals surface area contributed by atoms with Crippen LogP contribution < -0.4 is 0 Å². The molecule has 1 fully saturated rings. The van der Waals surface area contributed by atoms with Crippen LogP contribution in [0.15, 0.2) is 47.2 Å². The molecule has 8 heteroatoms. The fourth-order valence-electron chi connectivity index (χ4n) is 6.83. The zero-order chi connectivity index (χ0) is 29.8. The summed E-state index contributed by atoms with van der Waals surface area (Å²) in [7, 11) is 0. The Bertz CT molecular complexity index is 1560. The lowest BCUT2D eigenvalue weighted by molar-refractivity contribution is -0.147. The number of aryl methyl sites for hydroxylation is 3. The highest BCUT2D eigenvalue weighted by molar-refractivity contribution is 6.23. The van der Waals surface area contributed by atoms with Gasteiger partial charge in [-0.05, 0) is 80.5 Å². The first-order valence-corrected chi connectivity index (χ1v) is 14.0. The molecular formula is C33H34O8. The first-order valence-electron chi connectivity index (χ1n) is 14.0. The first-order chi connectivity index (χ1) is 19.4. The fraction of sp³-hybridized carbons (Fsp3) is 0.394. The van der Waals surface area contributed by atoms with Crippen molar-refractivity contribution in [3.05, 3.63) is 80.6 Å². The van der Waals surface area contributed by atoms with Gasteiger partial charge in [-0.3, -0.25) is 19.2 Å². The average Bonchev–Trinajstić information content (AvgIpc) is 2.92. The molecule has 0 aliphatic heterocycles. The monoisotopic (exact) mass is 558 g/mol. The number of phenolic OH excluding ortho intramolecular Hbond substituents is 1. The van der Waals surface area contributed by atoms with Crippen LogP contribution in [-0.2, 0) is 40.1 Å². The van der Waals surface area contributed by atoms with Gasteiger partial charge in [0.2, 0.25) is 5.78 Å². The number of hydrogen-bond donors (Lipinski definition) is 4. The summed E-state index contributed by atoms with van der Waals surface area (Å²) in [6, 6.07) is 9.33. The SMILES string of the molecule is CCc1cc(CCCc2ccc(C(C)=O)cc2)c(O)c2c1CC1CC3CC(=O)C(C(C)=O)=C(O)[C@@]3(O)C(=O)C1=C2O. The third kappa shape index (κ3) is 4.50. The molecule has 0 amide bonds. The van der Waals surface area contributed by atoms with Crippen molar-refractivity contribution >= 4 is 28.9 Å². The molecule has 1 saturated carbocycles. The highest BCUT2D eigenvalue weighted by Crippen LogP contribution is 2.52. The summed E-state index contributed by atoms with van der Waals surface area (Å²) in [5.41, 5.74) is 0.959. The average molecular weight is 559 g/mol. The zero-order valence-electron chi connectivity index (χ0n) is 23.4. The molecule has 0 aromatic heterocycles. The lowest BCUT2D eigenvalue weighted by Gasteiger charge is -2.46. The second-order valence-corrected chi connectivity index (χ2v) is 11.5. The quantitative estimate of drug-likeness (QED) is 0.287. The normalized spacial score (nSPS) is 23.7. The number of rotatable bonds is 7. The topological polar surface area (TPSA) is 149 Å². The van der Waals surface area contributed by atoms with Gasteiger partial charge < -0.3 is 20.4 Å². The molecule has 3 aliphatic rings. The van der Waals surface area contributed by atoms with Gasteiger partial charge >= 0.3 is 0 Å². The van der Waals surface area contributed by atoms with E-state index in [-0.39, 0.29) is 35.5 Å². The number of hydrogen-bond acceptors (Lipinski definition) is 8. The second-order valence-electron chi connectivity index (χ2n) is 11.5. The van der Waals surface area contributed by atoms with Gasteiger partial charge in [0.25, 0.3) is 0 Å². The van der Waals surface area contributed by atoms with E-state index in [0.29, 0.717) is 43.2 Å². The van der Waals surface area contributed by atoms with Crippen molar-refractivity contribution in [3.8, 4) is 5.75 Å². The predicted molar refractivity (Wildman–Crippen MR) is 151 cm³/mol. The zero-order valence-corrected chi connectivity index (χ0v) is 23.4. The summed E-state index contributed by atoms with van der Waals surface area (Å²) in [5.74, 6) is -5.27. The lowest BCUT2D eigenvalue weighted by atomic mass is 9.59. The summed E-state index contributed by atoms with van der Waals surface area (Å²) >= 11 is 0. The van der Waals surface area contributed by atoms with Crippen LogP contribution in [0.4, 0.5) is 0 Å². The van der Waals surface area contributed by atoms with Gasteiger partial charge in [0.05, 0.1) is 5.56 Å². The van der Waals surface area contributed by atoms with E-state index in [2.05, 4.69) is 0 Å². The van der Waals surface area contributed by atoms with E-state index in [1.165, 1.54) is 6.92 Å². The Labute approximate surface area is 238 Å². The summed E-state index contributed by atoms with van der Waals surface area (Å²) in [4.78, 5) is 50.0. The molecule has 0 saturated heterocycles. The number of fused-ring (bicyclic) bond motifs is 3. The largest absolute Gasteiger partial charge is 0.508 e. The van der Waals surface area contributed by atoms with Gasteiger partial charge in [0.1, 0.15) is 22.8 Å². The minimum absolute atomic E-state index is 0.000355. The highest BCUT2D eigenvalue weighted by Gasteiger charge is 2.60. The maximum Gasteiger partial charge on any atom is 0.202 e. The van der Waals surface area contributed by atoms with E-state index in [1.807, 2.05) is 25.1 Å². The van der Waals surface area contributed by atoms with Crippen molar-refractivity contribution < 1.29 is 39.6 Å². The van der Waals surface area contributed by atoms with Crippen LogP contribution in [0.5, 0.6) is 5.75 Å². The van der Waals surface area contributed by atoms with Crippen LogP contribution in [0.2, 0.25) is 0 Å². The van der Waals surface area contributed by atoms with Gasteiger partial charge in [0.15, 0.2) is 23.0 Å². The molecule has 214 valence electrons. The van der Waals surface area contributed by atoms with E-state index < -0.39 is 51.9 Å². The molecule has 2 unspecified atom stereocenters. The minimum Gasteiger partial charge on any atom is -0.508 e. The molecule has 3 atom stereocenters. The summed E-state index contributed by atoms with van der Waals surface area (Å²) in [6.07, 6.45) is 2.74. The van der Waals surface area contributed by atoms with Crippen LogP contribution in [0.3, 0.4) is 0 Å². The van der Waals surface area contributed by atoms with Gasteiger partial charge in [-0.2, -0.15) is 0 Å². The Morgan fingerprint density at radius 1 is 0.951 bits per heavy atom. The van der Waals surface area contributed by atoms with Crippen LogP contribution in [0.1, 0.15) is 78.2 Å². The molecule has 0 bridgehead atoms.